The highest BCUT2D eigenvalue weighted by Gasteiger charge is 2.52. The predicted octanol–water partition coefficient (Wildman–Crippen LogP) is 18.7. The van der Waals surface area contributed by atoms with Crippen LogP contribution in [0.15, 0.2) is 220 Å². The molecule has 3 aliphatic heterocycles. The van der Waals surface area contributed by atoms with Crippen LogP contribution in [0.3, 0.4) is 0 Å². The second-order valence-electron chi connectivity index (χ2n) is 35.6. The number of carboxylic acids is 1. The number of pyridine rings is 10. The van der Waals surface area contributed by atoms with Crippen molar-refractivity contribution in [3.05, 3.63) is 258 Å². The number of nitrogens with zero attached hydrogens (tertiary/aromatic N) is 16. The normalized spacial score (nSPS) is 14.0. The molecule has 740 valence electrons. The Balaban J connectivity index is 0.000000136. The number of benzene rings is 4. The van der Waals surface area contributed by atoms with Gasteiger partial charge in [0.05, 0.1) is 74.1 Å². The van der Waals surface area contributed by atoms with Crippen molar-refractivity contribution in [3.8, 4) is 33.8 Å². The molecule has 4 aromatic carbocycles. The quantitative estimate of drug-likeness (QED) is 0.0268. The van der Waals surface area contributed by atoms with E-state index in [2.05, 4.69) is 109 Å². The topological polar surface area (TPSA) is 393 Å². The lowest BCUT2D eigenvalue weighted by Gasteiger charge is -2.32. The summed E-state index contributed by atoms with van der Waals surface area (Å²) >= 11 is 17.4. The number of esters is 2. The molecule has 0 bridgehead atoms. The van der Waals surface area contributed by atoms with Crippen LogP contribution in [0.25, 0.3) is 132 Å². The molecular weight excluding hydrogens is 1870 g/mol. The fourth-order valence-corrected chi connectivity index (χ4v) is 17.9. The standard InChI is InChI=1S/C25H28N6O.C21H20N4O2.C19H16N4O2.C18H24BNO4.C9H8ClN3.C8H4Cl2N2.C6H14N2.CH5N/c1-26-22-14-21(29-20-6-9-27-15-19(20)22)16-4-5-23-17(12-16)13-24(31(23)3)25(32)28-18-7-10-30(2)11-8-18;1-4-27-21(26)20-10-14-9-13(5-6-19(14)25(20)3)17-11-18(22-2)15-12-23-8-7-16(15)24-17;1-20-16-9-15(22-14-5-6-21-10-13(14)16)11-3-4-17-12(7-11)8-18(19(24)25)23(17)2;1-7-22-16(21)15-11-12-10-13(8-9-14(12)20(15)6)19-23-17(2,3)18(4,5)24-19;1-11-8-4-9(10)13-7-2-3-12-5-6(7)8;9-6-3-8(10)12-7-1-2-11-4-5(6)7;1-8-4-2-6(7)3-5-8;1-2/h4-6,9,12-15,18H,7-8,10-11H2,1-3H3,(H,26,29)(H,28,32);5-12H,4H2,1-3H3,(H,22,24);3-10H,1-2H3,(H,20,22)(H,24,25);8-11H,7H2,1-6H3;2-5H,1H3,(H,11,13);1-4H;6H,2-5,7H2,1H3;2H2,1H3. The summed E-state index contributed by atoms with van der Waals surface area (Å²) in [6, 6.07) is 51.0. The second kappa shape index (κ2) is 46.6. The molecule has 3 aliphatic rings. The highest BCUT2D eigenvalue weighted by molar-refractivity contribution is 6.62. The summed E-state index contributed by atoms with van der Waals surface area (Å²) < 4.78 is 29.8. The van der Waals surface area contributed by atoms with Crippen molar-refractivity contribution in [2.75, 3.05) is 110 Å². The number of amides is 1. The van der Waals surface area contributed by atoms with Gasteiger partial charge in [0.2, 0.25) is 0 Å². The average molecular weight is 1990 g/mol. The van der Waals surface area contributed by atoms with Crippen molar-refractivity contribution < 1.29 is 43.1 Å². The number of ether oxygens (including phenoxy) is 2. The molecule has 0 aliphatic carbocycles. The number of anilines is 4. The number of rotatable bonds is 15. The molecular formula is C107H119BCl3N23O9. The minimum Gasteiger partial charge on any atom is -0.477 e. The van der Waals surface area contributed by atoms with Crippen LogP contribution in [0.2, 0.25) is 15.3 Å². The number of piperidine rings is 2. The van der Waals surface area contributed by atoms with Gasteiger partial charge in [0.25, 0.3) is 5.91 Å². The Labute approximate surface area is 844 Å². The maximum Gasteiger partial charge on any atom is 0.494 e. The molecule has 0 radical (unpaired) electrons. The summed E-state index contributed by atoms with van der Waals surface area (Å²) in [7, 11) is 20.3. The van der Waals surface area contributed by atoms with Crippen LogP contribution in [0.5, 0.6) is 0 Å². The molecule has 0 spiro atoms. The Hall–Kier alpha value is -14.4. The third-order valence-electron chi connectivity index (χ3n) is 25.9. The molecule has 18 aromatic rings. The van der Waals surface area contributed by atoms with Crippen LogP contribution < -0.4 is 43.5 Å². The SMILES string of the molecule is CCOC(=O)c1cc2cc(-c3cc(NC)c4cnccc4n3)ccc2n1C.CCOC(=O)c1cc2cc(B3OC(C)(C)C(C)(C)O3)ccc2n1C.CN.CN1CCC(N)CC1.CNc1cc(-c2ccc3c(c2)cc(C(=O)NC2CCN(C)CC2)n3C)nc2ccncc12.CNc1cc(-c2ccc3c(c2)cc(C(=O)O)n3C)nc2ccncc12.CNc1cc(Cl)nc2ccncc12.Clc1cc(Cl)c2cnccc2n1. The van der Waals surface area contributed by atoms with Gasteiger partial charge in [-0.25, -0.2) is 39.3 Å². The fraction of sp³-hybridized carbons (Fsp3) is 0.290. The molecule has 143 heavy (non-hydrogen) atoms. The van der Waals surface area contributed by atoms with E-state index in [1.54, 1.807) is 99.3 Å². The molecule has 21 rings (SSSR count). The van der Waals surface area contributed by atoms with E-state index >= 15 is 0 Å². The number of nitrogens with two attached hydrogens (primary N) is 2. The first-order valence-electron chi connectivity index (χ1n) is 47.0. The van der Waals surface area contributed by atoms with Gasteiger partial charge >= 0.3 is 25.0 Å². The van der Waals surface area contributed by atoms with Crippen LogP contribution in [-0.4, -0.2) is 226 Å². The lowest BCUT2D eigenvalue weighted by molar-refractivity contribution is 0.00578. The Morgan fingerprint density at radius 2 is 0.741 bits per heavy atom. The molecule has 3 fully saturated rings. The Bertz CT molecular complexity index is 7640. The highest BCUT2D eigenvalue weighted by Crippen LogP contribution is 2.39. The smallest absolute Gasteiger partial charge is 0.477 e. The van der Waals surface area contributed by atoms with Crippen LogP contribution in [0.4, 0.5) is 22.7 Å². The van der Waals surface area contributed by atoms with E-state index in [0.717, 1.165) is 186 Å². The minimum atomic E-state index is -0.936. The summed E-state index contributed by atoms with van der Waals surface area (Å²) in [6.07, 6.45) is 21.8. The van der Waals surface area contributed by atoms with E-state index in [9.17, 15) is 24.3 Å². The maximum atomic E-state index is 13.0. The molecule has 3 saturated heterocycles. The van der Waals surface area contributed by atoms with Crippen molar-refractivity contribution in [3.63, 3.8) is 0 Å². The number of nitrogens with one attached hydrogen (secondary N) is 5. The molecule has 36 heteroatoms. The molecule has 0 saturated carbocycles. The van der Waals surface area contributed by atoms with Gasteiger partial charge in [-0.05, 0) is 247 Å². The number of hydrogen-bond acceptors (Lipinski definition) is 26. The van der Waals surface area contributed by atoms with Crippen molar-refractivity contribution in [1.29, 1.82) is 0 Å². The van der Waals surface area contributed by atoms with Crippen LogP contribution >= 0.6 is 34.8 Å². The number of halogens is 3. The van der Waals surface area contributed by atoms with E-state index in [-0.39, 0.29) is 40.8 Å². The van der Waals surface area contributed by atoms with Crippen LogP contribution in [0.1, 0.15) is 109 Å². The van der Waals surface area contributed by atoms with E-state index in [1.165, 1.54) is 33.0 Å². The highest BCUT2D eigenvalue weighted by atomic mass is 35.5. The largest absolute Gasteiger partial charge is 0.494 e. The van der Waals surface area contributed by atoms with Gasteiger partial charge < -0.3 is 90.0 Å². The molecule has 0 atom stereocenters. The van der Waals surface area contributed by atoms with Crippen molar-refractivity contribution in [2.24, 2.45) is 39.7 Å². The Kier molecular flexibility index (Phi) is 34.0. The minimum absolute atomic E-state index is 0.00592. The van der Waals surface area contributed by atoms with Gasteiger partial charge in [0.15, 0.2) is 0 Å². The lowest BCUT2D eigenvalue weighted by Crippen LogP contribution is -2.43. The zero-order chi connectivity index (χ0) is 102. The summed E-state index contributed by atoms with van der Waals surface area (Å²) in [5, 5.41) is 35.3. The predicted molar refractivity (Wildman–Crippen MR) is 577 cm³/mol. The fourth-order valence-electron chi connectivity index (χ4n) is 17.2. The van der Waals surface area contributed by atoms with Gasteiger partial charge in [0.1, 0.15) is 33.1 Å². The first kappa shape index (κ1) is 104. The number of aryl methyl sites for hydroxylation is 4. The van der Waals surface area contributed by atoms with Gasteiger partial charge in [-0.15, -0.1) is 0 Å². The maximum absolute atomic E-state index is 13.0. The number of carbonyl (C=O) groups excluding carboxylic acids is 3. The number of carbonyl (C=O) groups is 4. The number of hydrogen-bond donors (Lipinski definition) is 8. The monoisotopic (exact) mass is 1990 g/mol. The van der Waals surface area contributed by atoms with Crippen molar-refractivity contribution in [2.45, 2.75) is 90.5 Å². The number of carboxylic acid groups (broad SMARTS) is 1. The first-order valence-corrected chi connectivity index (χ1v) is 48.1. The zero-order valence-electron chi connectivity index (χ0n) is 83.2. The molecule has 1 amide bonds. The van der Waals surface area contributed by atoms with E-state index in [0.29, 0.717) is 51.7 Å². The molecule has 32 nitrogen and oxygen atoms in total. The molecule has 17 heterocycles. The van der Waals surface area contributed by atoms with Gasteiger partial charge in [-0.1, -0.05) is 65.1 Å². The average Bonchev–Trinajstić information content (AvgIpc) is 1.61. The van der Waals surface area contributed by atoms with Crippen LogP contribution in [0, 0.1) is 0 Å². The van der Waals surface area contributed by atoms with Gasteiger partial charge in [-0.2, -0.15) is 0 Å². The van der Waals surface area contributed by atoms with Crippen molar-refractivity contribution >= 4 is 192 Å². The molecule has 10 N–H and O–H groups in total. The zero-order valence-corrected chi connectivity index (χ0v) is 85.5. The summed E-state index contributed by atoms with van der Waals surface area (Å²) in [5.74, 6) is -1.57. The lowest BCUT2D eigenvalue weighted by atomic mass is 9.78. The summed E-state index contributed by atoms with van der Waals surface area (Å²) in [4.78, 5) is 96.3. The van der Waals surface area contributed by atoms with E-state index in [1.807, 2.05) is 218 Å². The Morgan fingerprint density at radius 1 is 0.420 bits per heavy atom. The van der Waals surface area contributed by atoms with Crippen LogP contribution in [-0.2, 0) is 47.0 Å². The number of likely N-dealkylation sites (tertiary alicyclic amines) is 2. The van der Waals surface area contributed by atoms with Crippen molar-refractivity contribution in [1.82, 2.24) is 83.2 Å². The number of aromatic carboxylic acids is 1. The molecule has 0 unspecified atom stereocenters. The third kappa shape index (κ3) is 24.0. The number of fused-ring (bicyclic) bond motifs is 9. The first-order chi connectivity index (χ1) is 68.8. The summed E-state index contributed by atoms with van der Waals surface area (Å²) in [6.45, 7) is 16.9. The Morgan fingerprint density at radius 3 is 1.12 bits per heavy atom. The molecule has 14 aromatic heterocycles. The van der Waals surface area contributed by atoms with E-state index in [4.69, 9.17) is 74.3 Å². The third-order valence-corrected chi connectivity index (χ3v) is 26.6. The second-order valence-corrected chi connectivity index (χ2v) is 36.7. The number of aromatic nitrogens is 14. The van der Waals surface area contributed by atoms with E-state index < -0.39 is 13.1 Å². The van der Waals surface area contributed by atoms with Gasteiger partial charge in [-0.3, -0.25) is 29.7 Å². The summed E-state index contributed by atoms with van der Waals surface area (Å²) in [5.41, 5.74) is 29.9. The van der Waals surface area contributed by atoms with Gasteiger partial charge in [0, 0.05) is 240 Å².